The number of aromatic nitrogens is 3. The minimum Gasteiger partial charge on any atom is -0.382 e. The van der Waals surface area contributed by atoms with Gasteiger partial charge in [0.2, 0.25) is 0 Å². The fraction of sp³-hybridized carbons (Fsp3) is 0.111. The highest BCUT2D eigenvalue weighted by Gasteiger charge is 2.15. The van der Waals surface area contributed by atoms with Gasteiger partial charge in [-0.2, -0.15) is 5.10 Å². The van der Waals surface area contributed by atoms with Gasteiger partial charge in [0.1, 0.15) is 5.82 Å². The Morgan fingerprint density at radius 3 is 2.61 bits per heavy atom. The molecule has 0 saturated carbocycles. The number of H-pyrrole nitrogens is 1. The van der Waals surface area contributed by atoms with Crippen LogP contribution in [0.2, 0.25) is 0 Å². The number of nitrogens with zero attached hydrogens (tertiary/aromatic N) is 2. The Bertz CT molecular complexity index is 1020. The van der Waals surface area contributed by atoms with Gasteiger partial charge in [-0.3, -0.25) is 5.10 Å². The van der Waals surface area contributed by atoms with Crippen LogP contribution in [0.3, 0.4) is 0 Å². The Balaban J connectivity index is 1.98. The van der Waals surface area contributed by atoms with E-state index in [0.717, 1.165) is 38.9 Å². The quantitative estimate of drug-likeness (QED) is 0.522. The van der Waals surface area contributed by atoms with E-state index in [1.165, 1.54) is 5.56 Å². The third-order valence-electron chi connectivity index (χ3n) is 4.08. The second-order valence-corrected chi connectivity index (χ2v) is 5.78. The third-order valence-corrected chi connectivity index (χ3v) is 4.08. The largest absolute Gasteiger partial charge is 0.382 e. The van der Waals surface area contributed by atoms with Crippen molar-refractivity contribution in [2.24, 2.45) is 0 Å². The number of aryl methyl sites for hydroxylation is 2. The van der Waals surface area contributed by atoms with Crippen LogP contribution in [0.5, 0.6) is 0 Å². The topological polar surface area (TPSA) is 79.6 Å². The Kier molecular flexibility index (Phi) is 2.94. The van der Waals surface area contributed by atoms with Gasteiger partial charge in [-0.25, -0.2) is 4.98 Å². The van der Waals surface area contributed by atoms with E-state index in [2.05, 4.69) is 47.6 Å². The fourth-order valence-corrected chi connectivity index (χ4v) is 2.83. The summed E-state index contributed by atoms with van der Waals surface area (Å²) in [5, 5.41) is 12.4. The first-order chi connectivity index (χ1) is 11.1. The van der Waals surface area contributed by atoms with Crippen LogP contribution in [0.1, 0.15) is 11.1 Å². The molecular weight excluding hydrogens is 286 g/mol. The Hall–Kier alpha value is -3.08. The van der Waals surface area contributed by atoms with E-state index in [4.69, 9.17) is 10.7 Å². The van der Waals surface area contributed by atoms with Crippen molar-refractivity contribution in [2.45, 2.75) is 13.8 Å². The molecule has 114 valence electrons. The maximum Gasteiger partial charge on any atom is 0.156 e. The molecule has 0 aliphatic carbocycles. The average Bonchev–Trinajstić information content (AvgIpc) is 2.93. The van der Waals surface area contributed by atoms with Crippen LogP contribution in [0.4, 0.5) is 17.3 Å². The normalized spacial score (nSPS) is 11.2. The molecule has 0 spiro atoms. The lowest BCUT2D eigenvalue weighted by Crippen LogP contribution is -1.98. The summed E-state index contributed by atoms with van der Waals surface area (Å²) in [7, 11) is 0. The van der Waals surface area contributed by atoms with Crippen LogP contribution in [0.15, 0.2) is 42.5 Å². The molecule has 0 aliphatic heterocycles. The van der Waals surface area contributed by atoms with Crippen molar-refractivity contribution in [1.29, 1.82) is 0 Å². The number of fused-ring (bicyclic) bond motifs is 3. The van der Waals surface area contributed by atoms with Crippen LogP contribution < -0.4 is 11.1 Å². The number of hydrogen-bond donors (Lipinski definition) is 3. The minimum atomic E-state index is 0.450. The smallest absolute Gasteiger partial charge is 0.156 e. The van der Waals surface area contributed by atoms with Crippen molar-refractivity contribution >= 4 is 39.1 Å². The number of nitrogens with one attached hydrogen (secondary N) is 2. The van der Waals surface area contributed by atoms with Crippen LogP contribution in [0.25, 0.3) is 21.8 Å². The molecule has 0 saturated heterocycles. The van der Waals surface area contributed by atoms with Gasteiger partial charge < -0.3 is 11.1 Å². The zero-order valence-electron chi connectivity index (χ0n) is 13.0. The number of nitrogens with two attached hydrogens (primary N) is 1. The van der Waals surface area contributed by atoms with E-state index in [1.807, 2.05) is 24.3 Å². The number of nitrogen functional groups attached to an aromatic ring is 1. The highest BCUT2D eigenvalue weighted by atomic mass is 15.2. The Labute approximate surface area is 133 Å². The van der Waals surface area contributed by atoms with Gasteiger partial charge in [-0.1, -0.05) is 35.9 Å². The van der Waals surface area contributed by atoms with Gasteiger partial charge in [0.15, 0.2) is 5.82 Å². The molecule has 5 heteroatoms. The van der Waals surface area contributed by atoms with Crippen molar-refractivity contribution in [3.05, 3.63) is 53.6 Å². The molecule has 0 amide bonds. The molecule has 4 aromatic rings. The van der Waals surface area contributed by atoms with Crippen molar-refractivity contribution in [1.82, 2.24) is 15.2 Å². The standard InChI is InChI=1S/C18H17N5/c1-10-6-8-12(9-7-10)20-18-14-16(22-23-17(14)19)13-5-3-4-11(2)15(13)21-18/h3-9H,1-2H3,(H,20,21)(H3,19,22,23). The number of anilines is 3. The van der Waals surface area contributed by atoms with Crippen LogP contribution >= 0.6 is 0 Å². The molecule has 4 rings (SSSR count). The molecular formula is C18H17N5. The Morgan fingerprint density at radius 1 is 1.04 bits per heavy atom. The third kappa shape index (κ3) is 2.17. The lowest BCUT2D eigenvalue weighted by atomic mass is 10.1. The minimum absolute atomic E-state index is 0.450. The van der Waals surface area contributed by atoms with E-state index >= 15 is 0 Å². The maximum atomic E-state index is 6.06. The lowest BCUT2D eigenvalue weighted by molar-refractivity contribution is 1.13. The van der Waals surface area contributed by atoms with E-state index in [0.29, 0.717) is 5.82 Å². The molecule has 0 fully saturated rings. The first-order valence-corrected chi connectivity index (χ1v) is 7.50. The summed E-state index contributed by atoms with van der Waals surface area (Å²) in [6.45, 7) is 4.12. The molecule has 4 N–H and O–H groups in total. The molecule has 23 heavy (non-hydrogen) atoms. The SMILES string of the molecule is Cc1ccc(Nc2nc3c(C)cccc3c3[nH]nc(N)c23)cc1. The number of pyridine rings is 1. The van der Waals surface area contributed by atoms with Crippen LogP contribution in [-0.2, 0) is 0 Å². The predicted octanol–water partition coefficient (Wildman–Crippen LogP) is 4.05. The molecule has 2 aromatic heterocycles. The van der Waals surface area contributed by atoms with Gasteiger partial charge >= 0.3 is 0 Å². The maximum absolute atomic E-state index is 6.06. The summed E-state index contributed by atoms with van der Waals surface area (Å²) in [6.07, 6.45) is 0. The molecule has 0 unspecified atom stereocenters. The summed E-state index contributed by atoms with van der Waals surface area (Å²) in [5.74, 6) is 1.17. The van der Waals surface area contributed by atoms with E-state index in [9.17, 15) is 0 Å². The van der Waals surface area contributed by atoms with Gasteiger partial charge in [-0.15, -0.1) is 0 Å². The number of hydrogen-bond acceptors (Lipinski definition) is 4. The summed E-state index contributed by atoms with van der Waals surface area (Å²) in [6, 6.07) is 14.3. The zero-order valence-corrected chi connectivity index (χ0v) is 13.0. The average molecular weight is 303 g/mol. The Morgan fingerprint density at radius 2 is 1.83 bits per heavy atom. The van der Waals surface area contributed by atoms with E-state index in [-0.39, 0.29) is 0 Å². The first kappa shape index (κ1) is 13.6. The van der Waals surface area contributed by atoms with Crippen molar-refractivity contribution < 1.29 is 0 Å². The molecule has 5 nitrogen and oxygen atoms in total. The molecule has 0 radical (unpaired) electrons. The highest BCUT2D eigenvalue weighted by molar-refractivity contribution is 6.12. The fourth-order valence-electron chi connectivity index (χ4n) is 2.83. The van der Waals surface area contributed by atoms with Crippen LogP contribution in [0, 0.1) is 13.8 Å². The van der Waals surface area contributed by atoms with Gasteiger partial charge in [0.25, 0.3) is 0 Å². The summed E-state index contributed by atoms with van der Waals surface area (Å²) >= 11 is 0. The molecule has 2 heterocycles. The zero-order chi connectivity index (χ0) is 16.0. The second-order valence-electron chi connectivity index (χ2n) is 5.78. The highest BCUT2D eigenvalue weighted by Crippen LogP contribution is 2.34. The van der Waals surface area contributed by atoms with Gasteiger partial charge in [0.05, 0.1) is 16.4 Å². The van der Waals surface area contributed by atoms with Crippen molar-refractivity contribution in [2.75, 3.05) is 11.1 Å². The predicted molar refractivity (Wildman–Crippen MR) is 95.0 cm³/mol. The number of benzene rings is 2. The van der Waals surface area contributed by atoms with E-state index < -0.39 is 0 Å². The van der Waals surface area contributed by atoms with Crippen LogP contribution in [-0.4, -0.2) is 15.2 Å². The van der Waals surface area contributed by atoms with E-state index in [1.54, 1.807) is 0 Å². The van der Waals surface area contributed by atoms with Crippen molar-refractivity contribution in [3.63, 3.8) is 0 Å². The lowest BCUT2D eigenvalue weighted by Gasteiger charge is -2.10. The number of aromatic amines is 1. The second kappa shape index (κ2) is 4.98. The number of para-hydroxylation sites is 1. The van der Waals surface area contributed by atoms with Crippen molar-refractivity contribution in [3.8, 4) is 0 Å². The summed E-state index contributed by atoms with van der Waals surface area (Å²) in [4.78, 5) is 4.80. The molecule has 0 atom stereocenters. The van der Waals surface area contributed by atoms with Gasteiger partial charge in [-0.05, 0) is 31.5 Å². The van der Waals surface area contributed by atoms with Gasteiger partial charge in [0, 0.05) is 11.1 Å². The molecule has 0 aliphatic rings. The summed E-state index contributed by atoms with van der Waals surface area (Å²) < 4.78 is 0. The molecule has 0 bridgehead atoms. The monoisotopic (exact) mass is 303 g/mol. The summed E-state index contributed by atoms with van der Waals surface area (Å²) in [5.41, 5.74) is 11.2. The molecule has 2 aromatic carbocycles. The number of rotatable bonds is 2. The first-order valence-electron chi connectivity index (χ1n) is 7.50.